The third-order valence-electron chi connectivity index (χ3n) is 1.59. The highest BCUT2D eigenvalue weighted by atomic mass is 16.9. The van der Waals surface area contributed by atoms with Gasteiger partial charge in [0.1, 0.15) is 12.2 Å². The SMILES string of the molecule is CC[C@@H](CO[N+](=O)[O-])NC(=O)OC(C)(C)C. The fourth-order valence-corrected chi connectivity index (χ4v) is 0.887. The van der Waals surface area contributed by atoms with Gasteiger partial charge in [-0.1, -0.05) is 6.92 Å². The van der Waals surface area contributed by atoms with Crippen molar-refractivity contribution in [3.05, 3.63) is 10.1 Å². The van der Waals surface area contributed by atoms with Gasteiger partial charge in [-0.2, -0.15) is 0 Å². The summed E-state index contributed by atoms with van der Waals surface area (Å²) < 4.78 is 5.00. The van der Waals surface area contributed by atoms with Gasteiger partial charge in [-0.25, -0.2) is 4.79 Å². The molecule has 16 heavy (non-hydrogen) atoms. The second-order valence-corrected chi connectivity index (χ2v) is 4.27. The van der Waals surface area contributed by atoms with Gasteiger partial charge < -0.3 is 14.9 Å². The molecule has 0 rings (SSSR count). The highest BCUT2D eigenvalue weighted by Gasteiger charge is 2.19. The van der Waals surface area contributed by atoms with E-state index in [1.165, 1.54) is 0 Å². The first-order chi connectivity index (χ1) is 7.24. The van der Waals surface area contributed by atoms with Crippen LogP contribution in [0.4, 0.5) is 4.79 Å². The molecule has 0 fully saturated rings. The van der Waals surface area contributed by atoms with E-state index in [9.17, 15) is 14.9 Å². The Bertz CT molecular complexity index is 249. The molecule has 1 atom stereocenters. The van der Waals surface area contributed by atoms with Crippen LogP contribution in [0.15, 0.2) is 0 Å². The Balaban J connectivity index is 4.02. The summed E-state index contributed by atoms with van der Waals surface area (Å²) in [5.41, 5.74) is -0.591. The van der Waals surface area contributed by atoms with Crippen molar-refractivity contribution in [3.8, 4) is 0 Å². The molecule has 0 bridgehead atoms. The quantitative estimate of drug-likeness (QED) is 0.575. The zero-order valence-corrected chi connectivity index (χ0v) is 9.98. The van der Waals surface area contributed by atoms with Crippen LogP contribution in [0.2, 0.25) is 0 Å². The Morgan fingerprint density at radius 2 is 2.06 bits per heavy atom. The highest BCUT2D eigenvalue weighted by Crippen LogP contribution is 2.07. The summed E-state index contributed by atoms with van der Waals surface area (Å²) in [6, 6.07) is -0.430. The molecule has 0 aliphatic rings. The summed E-state index contributed by atoms with van der Waals surface area (Å²) in [5.74, 6) is 0. The molecular weight excluding hydrogens is 216 g/mol. The van der Waals surface area contributed by atoms with Crippen molar-refractivity contribution < 1.29 is 19.5 Å². The van der Waals surface area contributed by atoms with Crippen LogP contribution >= 0.6 is 0 Å². The van der Waals surface area contributed by atoms with Crippen molar-refractivity contribution >= 4 is 6.09 Å². The first kappa shape index (κ1) is 14.5. The van der Waals surface area contributed by atoms with E-state index in [1.54, 1.807) is 27.7 Å². The lowest BCUT2D eigenvalue weighted by Crippen LogP contribution is -2.41. The number of nitrogens with zero attached hydrogens (tertiary/aromatic N) is 1. The standard InChI is InChI=1S/C9H18N2O5/c1-5-7(6-15-11(13)14)10-8(12)16-9(2,3)4/h7H,5-6H2,1-4H3,(H,10,12)/t7-/m0/s1. The van der Waals surface area contributed by atoms with Crippen LogP contribution in [-0.4, -0.2) is 29.4 Å². The number of rotatable bonds is 5. The first-order valence-electron chi connectivity index (χ1n) is 5.01. The molecule has 0 aromatic rings. The predicted octanol–water partition coefficient (Wildman–Crippen LogP) is 1.50. The zero-order chi connectivity index (χ0) is 12.8. The largest absolute Gasteiger partial charge is 0.444 e. The summed E-state index contributed by atoms with van der Waals surface area (Å²) in [4.78, 5) is 25.5. The van der Waals surface area contributed by atoms with Gasteiger partial charge in [0.2, 0.25) is 0 Å². The molecule has 7 nitrogen and oxygen atoms in total. The Morgan fingerprint density at radius 3 is 2.44 bits per heavy atom. The van der Waals surface area contributed by atoms with Crippen LogP contribution in [-0.2, 0) is 9.57 Å². The zero-order valence-electron chi connectivity index (χ0n) is 9.98. The van der Waals surface area contributed by atoms with Gasteiger partial charge in [-0.3, -0.25) is 0 Å². The van der Waals surface area contributed by atoms with Gasteiger partial charge in [-0.05, 0) is 27.2 Å². The molecule has 0 unspecified atom stereocenters. The average molecular weight is 234 g/mol. The molecule has 1 amide bonds. The van der Waals surface area contributed by atoms with Crippen molar-refractivity contribution in [3.63, 3.8) is 0 Å². The maximum atomic E-state index is 11.3. The Morgan fingerprint density at radius 1 is 1.50 bits per heavy atom. The highest BCUT2D eigenvalue weighted by molar-refractivity contribution is 5.68. The van der Waals surface area contributed by atoms with Crippen molar-refractivity contribution in [1.29, 1.82) is 0 Å². The van der Waals surface area contributed by atoms with Crippen LogP contribution in [0.25, 0.3) is 0 Å². The van der Waals surface area contributed by atoms with Gasteiger partial charge in [0.05, 0.1) is 6.04 Å². The third-order valence-corrected chi connectivity index (χ3v) is 1.59. The van der Waals surface area contributed by atoms with E-state index < -0.39 is 22.8 Å². The Labute approximate surface area is 94.2 Å². The first-order valence-corrected chi connectivity index (χ1v) is 5.01. The van der Waals surface area contributed by atoms with Gasteiger partial charge >= 0.3 is 6.09 Å². The summed E-state index contributed by atoms with van der Waals surface area (Å²) in [5, 5.41) is 11.6. The number of carbonyl (C=O) groups excluding carboxylic acids is 1. The van der Waals surface area contributed by atoms with Crippen LogP contribution in [0, 0.1) is 10.1 Å². The van der Waals surface area contributed by atoms with Crippen molar-refractivity contribution in [2.45, 2.75) is 45.8 Å². The van der Waals surface area contributed by atoms with E-state index in [2.05, 4.69) is 10.2 Å². The van der Waals surface area contributed by atoms with Gasteiger partial charge in [0.25, 0.3) is 5.09 Å². The van der Waals surface area contributed by atoms with Crippen LogP contribution in [0.3, 0.4) is 0 Å². The van der Waals surface area contributed by atoms with Gasteiger partial charge in [-0.15, -0.1) is 10.1 Å². The molecule has 94 valence electrons. The lowest BCUT2D eigenvalue weighted by Gasteiger charge is -2.22. The second-order valence-electron chi connectivity index (χ2n) is 4.27. The molecule has 0 saturated heterocycles. The smallest absolute Gasteiger partial charge is 0.407 e. The monoisotopic (exact) mass is 234 g/mol. The van der Waals surface area contributed by atoms with E-state index in [1.807, 2.05) is 0 Å². The summed E-state index contributed by atoms with van der Waals surface area (Å²) in [6.45, 7) is 6.82. The number of amides is 1. The average Bonchev–Trinajstić information content (AvgIpc) is 2.08. The minimum Gasteiger partial charge on any atom is -0.444 e. The predicted molar refractivity (Wildman–Crippen MR) is 56.4 cm³/mol. The number of alkyl carbamates (subject to hydrolysis) is 1. The topological polar surface area (TPSA) is 90.7 Å². The van der Waals surface area contributed by atoms with E-state index >= 15 is 0 Å². The molecule has 0 radical (unpaired) electrons. The summed E-state index contributed by atoms with van der Waals surface area (Å²) >= 11 is 0. The second kappa shape index (κ2) is 6.14. The number of nitrogens with one attached hydrogen (secondary N) is 1. The molecular formula is C9H18N2O5. The molecule has 7 heteroatoms. The molecule has 0 aliphatic carbocycles. The maximum Gasteiger partial charge on any atom is 0.407 e. The minimum atomic E-state index is -0.889. The molecule has 1 N–H and O–H groups in total. The van der Waals surface area contributed by atoms with E-state index in [-0.39, 0.29) is 6.61 Å². The summed E-state index contributed by atoms with van der Waals surface area (Å²) in [6.07, 6.45) is -0.0844. The van der Waals surface area contributed by atoms with Crippen LogP contribution in [0.5, 0.6) is 0 Å². The lowest BCUT2D eigenvalue weighted by molar-refractivity contribution is -0.758. The Kier molecular flexibility index (Phi) is 5.55. The van der Waals surface area contributed by atoms with Gasteiger partial charge in [0, 0.05) is 0 Å². The van der Waals surface area contributed by atoms with E-state index in [4.69, 9.17) is 4.74 Å². The molecule has 0 saturated carbocycles. The molecule has 0 spiro atoms. The Hall–Kier alpha value is -1.53. The number of ether oxygens (including phenoxy) is 1. The maximum absolute atomic E-state index is 11.3. The van der Waals surface area contributed by atoms with Crippen LogP contribution < -0.4 is 5.32 Å². The third kappa shape index (κ3) is 7.84. The number of hydrogen-bond acceptors (Lipinski definition) is 5. The minimum absolute atomic E-state index is 0.178. The lowest BCUT2D eigenvalue weighted by atomic mass is 10.2. The summed E-state index contributed by atoms with van der Waals surface area (Å²) in [7, 11) is 0. The molecule has 0 heterocycles. The fourth-order valence-electron chi connectivity index (χ4n) is 0.887. The van der Waals surface area contributed by atoms with E-state index in [0.29, 0.717) is 6.42 Å². The van der Waals surface area contributed by atoms with E-state index in [0.717, 1.165) is 0 Å². The number of hydrogen-bond donors (Lipinski definition) is 1. The van der Waals surface area contributed by atoms with Crippen LogP contribution in [0.1, 0.15) is 34.1 Å². The van der Waals surface area contributed by atoms with Crippen molar-refractivity contribution in [2.24, 2.45) is 0 Å². The molecule has 0 aromatic carbocycles. The fraction of sp³-hybridized carbons (Fsp3) is 0.889. The normalized spacial score (nSPS) is 12.8. The van der Waals surface area contributed by atoms with Crippen molar-refractivity contribution in [1.82, 2.24) is 5.32 Å². The number of carbonyl (C=O) groups is 1. The molecule has 0 aromatic heterocycles. The van der Waals surface area contributed by atoms with Crippen molar-refractivity contribution in [2.75, 3.05) is 6.61 Å². The molecule has 0 aliphatic heterocycles. The van der Waals surface area contributed by atoms with Gasteiger partial charge in [0.15, 0.2) is 0 Å².